The van der Waals surface area contributed by atoms with Crippen LogP contribution in [-0.2, 0) is 16.4 Å². The molecule has 6 nitrogen and oxygen atoms in total. The van der Waals surface area contributed by atoms with Crippen molar-refractivity contribution in [1.29, 1.82) is 0 Å². The van der Waals surface area contributed by atoms with E-state index in [1.807, 2.05) is 4.90 Å². The third kappa shape index (κ3) is 7.37. The number of anilines is 2. The Balaban J connectivity index is 1.15. The van der Waals surface area contributed by atoms with Crippen LogP contribution in [0.2, 0.25) is 0 Å². The predicted octanol–water partition coefficient (Wildman–Crippen LogP) is 5.01. The summed E-state index contributed by atoms with van der Waals surface area (Å²) in [7, 11) is 0. The summed E-state index contributed by atoms with van der Waals surface area (Å²) in [6.07, 6.45) is -1.52. The predicted molar refractivity (Wildman–Crippen MR) is 141 cm³/mol. The molecule has 0 atom stereocenters. The monoisotopic (exact) mass is 517 g/mol. The zero-order valence-electron chi connectivity index (χ0n) is 22.0. The van der Waals surface area contributed by atoms with Gasteiger partial charge >= 0.3 is 6.18 Å². The Morgan fingerprint density at radius 1 is 0.919 bits per heavy atom. The Hall–Kier alpha value is -2.81. The molecule has 0 aliphatic carbocycles. The number of hydrogen-bond acceptors (Lipinski definition) is 5. The van der Waals surface area contributed by atoms with Crippen molar-refractivity contribution in [3.63, 3.8) is 0 Å². The van der Waals surface area contributed by atoms with Crippen LogP contribution in [0.1, 0.15) is 51.2 Å². The first-order chi connectivity index (χ1) is 17.5. The minimum absolute atomic E-state index is 0.0961. The largest absolute Gasteiger partial charge is 0.417 e. The highest BCUT2D eigenvalue weighted by Crippen LogP contribution is 2.29. The number of benzene rings is 1. The van der Waals surface area contributed by atoms with Gasteiger partial charge in [-0.2, -0.15) is 13.2 Å². The number of pyridine rings is 1. The van der Waals surface area contributed by atoms with Gasteiger partial charge in [-0.05, 0) is 48.1 Å². The number of aromatic nitrogens is 1. The molecule has 37 heavy (non-hydrogen) atoms. The number of carbonyl (C=O) groups excluding carboxylic acids is 1. The molecule has 2 aliphatic rings. The number of rotatable bonds is 6. The molecule has 1 aromatic carbocycles. The van der Waals surface area contributed by atoms with Gasteiger partial charge in [-0.3, -0.25) is 9.69 Å². The Morgan fingerprint density at radius 2 is 1.54 bits per heavy atom. The molecular formula is C28H38F3N5O. The number of likely N-dealkylation sites (tertiary alicyclic amines) is 1. The van der Waals surface area contributed by atoms with Gasteiger partial charge in [0, 0.05) is 70.2 Å². The van der Waals surface area contributed by atoms with Crippen LogP contribution in [-0.4, -0.2) is 72.5 Å². The number of amides is 1. The van der Waals surface area contributed by atoms with E-state index in [0.29, 0.717) is 25.3 Å². The van der Waals surface area contributed by atoms with E-state index in [0.717, 1.165) is 57.8 Å². The number of halogens is 3. The zero-order valence-corrected chi connectivity index (χ0v) is 22.0. The summed E-state index contributed by atoms with van der Waals surface area (Å²) in [6, 6.07) is 11.4. The molecule has 1 amide bonds. The molecule has 3 heterocycles. The lowest BCUT2D eigenvalue weighted by Gasteiger charge is -2.37. The first-order valence-electron chi connectivity index (χ1n) is 13.1. The molecule has 0 bridgehead atoms. The Morgan fingerprint density at radius 3 is 2.08 bits per heavy atom. The second-order valence-corrected chi connectivity index (χ2v) is 11.1. The fourth-order valence-electron chi connectivity index (χ4n) is 4.94. The van der Waals surface area contributed by atoms with E-state index in [1.165, 1.54) is 17.3 Å². The van der Waals surface area contributed by atoms with E-state index < -0.39 is 11.7 Å². The van der Waals surface area contributed by atoms with E-state index in [4.69, 9.17) is 0 Å². The van der Waals surface area contributed by atoms with Crippen LogP contribution in [0.3, 0.4) is 0 Å². The van der Waals surface area contributed by atoms with Crippen LogP contribution in [0.15, 0.2) is 42.6 Å². The van der Waals surface area contributed by atoms with Crippen LogP contribution in [0.25, 0.3) is 0 Å². The van der Waals surface area contributed by atoms with E-state index >= 15 is 0 Å². The molecule has 1 N–H and O–H groups in total. The maximum Gasteiger partial charge on any atom is 0.417 e. The first kappa shape index (κ1) is 27.2. The van der Waals surface area contributed by atoms with E-state index in [2.05, 4.69) is 65.1 Å². The summed E-state index contributed by atoms with van der Waals surface area (Å²) in [6.45, 7) is 12.5. The molecule has 202 valence electrons. The molecule has 2 fully saturated rings. The third-order valence-corrected chi connectivity index (χ3v) is 7.40. The molecule has 9 heteroatoms. The summed E-state index contributed by atoms with van der Waals surface area (Å²) < 4.78 is 38.1. The third-order valence-electron chi connectivity index (χ3n) is 7.40. The standard InChI is InChI=1S/C28H38F3N5O/c1-27(2,3)21-4-7-24(8-5-21)35-18-16-34(17-19-35)13-12-26(37)36-14-10-23(11-15-36)33-25-9-6-22(20-32-25)28(29,30)31/h4-9,20,23H,10-19H2,1-3H3,(H,32,33). The smallest absolute Gasteiger partial charge is 0.369 e. The van der Waals surface area contributed by atoms with Crippen molar-refractivity contribution >= 4 is 17.4 Å². The topological polar surface area (TPSA) is 51.7 Å². The summed E-state index contributed by atoms with van der Waals surface area (Å²) in [5.74, 6) is 0.605. The van der Waals surface area contributed by atoms with E-state index in [9.17, 15) is 18.0 Å². The van der Waals surface area contributed by atoms with Gasteiger partial charge in [0.2, 0.25) is 5.91 Å². The number of hydrogen-bond donors (Lipinski definition) is 1. The molecule has 2 saturated heterocycles. The van der Waals surface area contributed by atoms with Crippen molar-refractivity contribution in [3.05, 3.63) is 53.7 Å². The highest BCUT2D eigenvalue weighted by Gasteiger charge is 2.31. The van der Waals surface area contributed by atoms with Crippen molar-refractivity contribution in [2.45, 2.75) is 57.7 Å². The Bertz CT molecular complexity index is 1020. The second kappa shape index (κ2) is 11.3. The zero-order chi connectivity index (χ0) is 26.6. The maximum atomic E-state index is 12.8. The van der Waals surface area contributed by atoms with Crippen LogP contribution in [0.5, 0.6) is 0 Å². The minimum atomic E-state index is -4.39. The van der Waals surface area contributed by atoms with Crippen molar-refractivity contribution in [2.75, 3.05) is 56.0 Å². The SMILES string of the molecule is CC(C)(C)c1ccc(N2CCN(CCC(=O)N3CCC(Nc4ccc(C(F)(F)F)cn4)CC3)CC2)cc1. The van der Waals surface area contributed by atoms with Gasteiger partial charge in [-0.25, -0.2) is 4.98 Å². The average Bonchev–Trinajstić information content (AvgIpc) is 2.87. The van der Waals surface area contributed by atoms with Crippen LogP contribution in [0, 0.1) is 0 Å². The van der Waals surface area contributed by atoms with Gasteiger partial charge in [-0.15, -0.1) is 0 Å². The summed E-state index contributed by atoms with van der Waals surface area (Å²) in [5, 5.41) is 3.20. The van der Waals surface area contributed by atoms with E-state index in [-0.39, 0.29) is 17.4 Å². The van der Waals surface area contributed by atoms with Crippen LogP contribution in [0.4, 0.5) is 24.7 Å². The van der Waals surface area contributed by atoms with Gasteiger partial charge in [0.1, 0.15) is 5.82 Å². The first-order valence-corrected chi connectivity index (χ1v) is 13.1. The number of nitrogens with one attached hydrogen (secondary N) is 1. The molecule has 0 spiro atoms. The fraction of sp³-hybridized carbons (Fsp3) is 0.571. The van der Waals surface area contributed by atoms with Crippen molar-refractivity contribution < 1.29 is 18.0 Å². The van der Waals surface area contributed by atoms with Crippen molar-refractivity contribution in [1.82, 2.24) is 14.8 Å². The summed E-state index contributed by atoms with van der Waals surface area (Å²) in [4.78, 5) is 23.4. The molecule has 2 aromatic rings. The van der Waals surface area contributed by atoms with Crippen LogP contribution < -0.4 is 10.2 Å². The second-order valence-electron chi connectivity index (χ2n) is 11.1. The Kier molecular flexibility index (Phi) is 8.31. The molecule has 2 aliphatic heterocycles. The van der Waals surface area contributed by atoms with Gasteiger partial charge in [0.25, 0.3) is 0 Å². The van der Waals surface area contributed by atoms with Gasteiger partial charge in [0.05, 0.1) is 5.56 Å². The lowest BCUT2D eigenvalue weighted by molar-refractivity contribution is -0.137. The highest BCUT2D eigenvalue weighted by molar-refractivity contribution is 5.76. The number of piperidine rings is 1. The van der Waals surface area contributed by atoms with Gasteiger partial charge in [0.15, 0.2) is 0 Å². The normalized spacial score (nSPS) is 18.2. The average molecular weight is 518 g/mol. The lowest BCUT2D eigenvalue weighted by Crippen LogP contribution is -2.48. The number of alkyl halides is 3. The van der Waals surface area contributed by atoms with Gasteiger partial charge < -0.3 is 15.1 Å². The molecule has 1 aromatic heterocycles. The lowest BCUT2D eigenvalue weighted by atomic mass is 9.87. The number of piperazine rings is 1. The minimum Gasteiger partial charge on any atom is -0.369 e. The molecule has 0 radical (unpaired) electrons. The fourth-order valence-corrected chi connectivity index (χ4v) is 4.94. The number of carbonyl (C=O) groups is 1. The molecule has 0 unspecified atom stereocenters. The number of nitrogens with zero attached hydrogens (tertiary/aromatic N) is 4. The van der Waals surface area contributed by atoms with Gasteiger partial charge in [-0.1, -0.05) is 32.9 Å². The van der Waals surface area contributed by atoms with Crippen molar-refractivity contribution in [3.8, 4) is 0 Å². The Labute approximate surface area is 217 Å². The van der Waals surface area contributed by atoms with Crippen LogP contribution >= 0.6 is 0 Å². The quantitative estimate of drug-likeness (QED) is 0.584. The van der Waals surface area contributed by atoms with E-state index in [1.54, 1.807) is 0 Å². The molecule has 0 saturated carbocycles. The summed E-state index contributed by atoms with van der Waals surface area (Å²) in [5.41, 5.74) is 1.99. The maximum absolute atomic E-state index is 12.8. The summed E-state index contributed by atoms with van der Waals surface area (Å²) >= 11 is 0. The molecular weight excluding hydrogens is 479 g/mol. The molecule has 4 rings (SSSR count). The van der Waals surface area contributed by atoms with Crippen molar-refractivity contribution in [2.24, 2.45) is 0 Å². The highest BCUT2D eigenvalue weighted by atomic mass is 19.4.